The fourth-order valence-corrected chi connectivity index (χ4v) is 4.70. The number of nitrogens with zero attached hydrogens (tertiary/aromatic N) is 2. The lowest BCUT2D eigenvalue weighted by Crippen LogP contribution is -2.48. The van der Waals surface area contributed by atoms with Crippen LogP contribution in [0.25, 0.3) is 0 Å². The van der Waals surface area contributed by atoms with Crippen molar-refractivity contribution in [3.63, 3.8) is 0 Å². The molecule has 0 radical (unpaired) electrons. The Hall–Kier alpha value is -2.26. The van der Waals surface area contributed by atoms with Crippen LogP contribution in [0.5, 0.6) is 0 Å². The molecule has 1 heterocycles. The van der Waals surface area contributed by atoms with E-state index in [1.54, 1.807) is 35.7 Å². The van der Waals surface area contributed by atoms with Crippen LogP contribution in [-0.4, -0.2) is 70.0 Å². The first-order valence-corrected chi connectivity index (χ1v) is 11.1. The predicted molar refractivity (Wildman–Crippen MR) is 111 cm³/mol. The van der Waals surface area contributed by atoms with Gasteiger partial charge in [0.1, 0.15) is 0 Å². The molecule has 0 unspecified atom stereocenters. The number of ether oxygens (including phenoxy) is 1. The van der Waals surface area contributed by atoms with Crippen molar-refractivity contribution in [3.8, 4) is 0 Å². The molecule has 0 atom stereocenters. The number of carbonyl (C=O) groups is 1. The van der Waals surface area contributed by atoms with Crippen molar-refractivity contribution in [2.45, 2.75) is 11.4 Å². The number of sulfonamides is 1. The normalized spacial score (nSPS) is 15.9. The maximum Gasteiger partial charge on any atom is 0.251 e. The molecule has 2 aromatic rings. The van der Waals surface area contributed by atoms with Gasteiger partial charge in [0.15, 0.2) is 0 Å². The lowest BCUT2D eigenvalue weighted by Gasteiger charge is -2.34. The van der Waals surface area contributed by atoms with E-state index >= 15 is 0 Å². The Morgan fingerprint density at radius 1 is 1.00 bits per heavy atom. The molecule has 3 rings (SSSR count). The smallest absolute Gasteiger partial charge is 0.251 e. The van der Waals surface area contributed by atoms with Gasteiger partial charge in [0.05, 0.1) is 11.5 Å². The fraction of sp³-hybridized carbons (Fsp3) is 0.381. The number of hydrogen-bond acceptors (Lipinski definition) is 5. The second kappa shape index (κ2) is 9.98. The van der Waals surface area contributed by atoms with Gasteiger partial charge in [-0.3, -0.25) is 9.69 Å². The van der Waals surface area contributed by atoms with Gasteiger partial charge in [-0.2, -0.15) is 4.31 Å². The molecule has 8 heteroatoms. The lowest BCUT2D eigenvalue weighted by atomic mass is 10.1. The molecule has 0 bridgehead atoms. The number of piperazine rings is 1. The molecule has 1 N–H and O–H groups in total. The van der Waals surface area contributed by atoms with Crippen molar-refractivity contribution in [2.24, 2.45) is 0 Å². The van der Waals surface area contributed by atoms with E-state index in [2.05, 4.69) is 10.2 Å². The number of methoxy groups -OCH3 is 1. The minimum absolute atomic E-state index is 0.117. The molecule has 1 fully saturated rings. The monoisotopic (exact) mass is 417 g/mol. The SMILES string of the molecule is COCCNC(=O)c1ccc(CN2CCN(S(=O)(=O)c3ccccc3)CC2)cc1. The van der Waals surface area contributed by atoms with E-state index in [0.717, 1.165) is 12.1 Å². The second-order valence-electron chi connectivity index (χ2n) is 6.94. The Balaban J connectivity index is 1.51. The molecule has 2 aromatic carbocycles. The van der Waals surface area contributed by atoms with Crippen LogP contribution in [-0.2, 0) is 21.3 Å². The van der Waals surface area contributed by atoms with Crippen molar-refractivity contribution in [3.05, 3.63) is 65.7 Å². The van der Waals surface area contributed by atoms with Crippen LogP contribution < -0.4 is 5.32 Å². The number of rotatable bonds is 8. The molecule has 7 nitrogen and oxygen atoms in total. The van der Waals surface area contributed by atoms with Gasteiger partial charge in [0, 0.05) is 51.9 Å². The van der Waals surface area contributed by atoms with Crippen LogP contribution in [0.2, 0.25) is 0 Å². The van der Waals surface area contributed by atoms with Gasteiger partial charge in [0.2, 0.25) is 10.0 Å². The Morgan fingerprint density at radius 3 is 2.28 bits per heavy atom. The summed E-state index contributed by atoms with van der Waals surface area (Å²) in [7, 11) is -1.83. The first-order chi connectivity index (χ1) is 14.0. The summed E-state index contributed by atoms with van der Waals surface area (Å²) in [5, 5.41) is 2.80. The largest absolute Gasteiger partial charge is 0.383 e. The molecule has 1 amide bonds. The third kappa shape index (κ3) is 5.63. The van der Waals surface area contributed by atoms with Crippen LogP contribution in [0.15, 0.2) is 59.5 Å². The van der Waals surface area contributed by atoms with Gasteiger partial charge in [-0.25, -0.2) is 8.42 Å². The zero-order valence-electron chi connectivity index (χ0n) is 16.6. The van der Waals surface area contributed by atoms with Crippen molar-refractivity contribution in [2.75, 3.05) is 46.4 Å². The summed E-state index contributed by atoms with van der Waals surface area (Å²) in [6.45, 7) is 3.97. The minimum Gasteiger partial charge on any atom is -0.383 e. The van der Waals surface area contributed by atoms with E-state index in [-0.39, 0.29) is 5.91 Å². The summed E-state index contributed by atoms with van der Waals surface area (Å²) < 4.78 is 31.9. The summed E-state index contributed by atoms with van der Waals surface area (Å²) >= 11 is 0. The number of benzene rings is 2. The second-order valence-corrected chi connectivity index (χ2v) is 8.88. The molecular formula is C21H27N3O4S. The fourth-order valence-electron chi connectivity index (χ4n) is 3.26. The summed E-state index contributed by atoms with van der Waals surface area (Å²) in [4.78, 5) is 14.6. The maximum absolute atomic E-state index is 12.7. The van der Waals surface area contributed by atoms with E-state index in [1.807, 2.05) is 30.3 Å². The predicted octanol–water partition coefficient (Wildman–Crippen LogP) is 1.57. The topological polar surface area (TPSA) is 79.0 Å². The van der Waals surface area contributed by atoms with Gasteiger partial charge in [-0.1, -0.05) is 30.3 Å². The number of hydrogen-bond donors (Lipinski definition) is 1. The highest BCUT2D eigenvalue weighted by molar-refractivity contribution is 7.89. The summed E-state index contributed by atoms with van der Waals surface area (Å²) in [5.74, 6) is -0.117. The number of nitrogens with one attached hydrogen (secondary N) is 1. The van der Waals surface area contributed by atoms with E-state index in [0.29, 0.717) is 49.8 Å². The van der Waals surface area contributed by atoms with Crippen molar-refractivity contribution in [1.29, 1.82) is 0 Å². The standard InChI is InChI=1S/C21H27N3O4S/c1-28-16-11-22-21(25)19-9-7-18(8-10-19)17-23-12-14-24(15-13-23)29(26,27)20-5-3-2-4-6-20/h2-10H,11-17H2,1H3,(H,22,25). The Morgan fingerprint density at radius 2 is 1.66 bits per heavy atom. The van der Waals surface area contributed by atoms with Crippen molar-refractivity contribution >= 4 is 15.9 Å². The van der Waals surface area contributed by atoms with E-state index < -0.39 is 10.0 Å². The van der Waals surface area contributed by atoms with Gasteiger partial charge in [-0.15, -0.1) is 0 Å². The molecule has 0 spiro atoms. The number of amides is 1. The molecule has 1 saturated heterocycles. The Kier molecular flexibility index (Phi) is 7.38. The maximum atomic E-state index is 12.7. The van der Waals surface area contributed by atoms with Gasteiger partial charge in [-0.05, 0) is 29.8 Å². The molecule has 0 saturated carbocycles. The highest BCUT2D eigenvalue weighted by atomic mass is 32.2. The van der Waals surface area contributed by atoms with E-state index in [1.165, 1.54) is 0 Å². The van der Waals surface area contributed by atoms with Crippen LogP contribution in [0.1, 0.15) is 15.9 Å². The first kappa shape index (κ1) is 21.4. The zero-order chi connectivity index (χ0) is 20.7. The Labute approximate surface area is 172 Å². The van der Waals surface area contributed by atoms with Gasteiger partial charge >= 0.3 is 0 Å². The third-order valence-corrected chi connectivity index (χ3v) is 6.84. The molecule has 156 valence electrons. The average molecular weight is 418 g/mol. The highest BCUT2D eigenvalue weighted by Gasteiger charge is 2.28. The third-order valence-electron chi connectivity index (χ3n) is 4.93. The lowest BCUT2D eigenvalue weighted by molar-refractivity contribution is 0.0937. The van der Waals surface area contributed by atoms with Crippen molar-refractivity contribution in [1.82, 2.24) is 14.5 Å². The van der Waals surface area contributed by atoms with Crippen LogP contribution in [0.4, 0.5) is 0 Å². The van der Waals surface area contributed by atoms with Crippen LogP contribution >= 0.6 is 0 Å². The molecular weight excluding hydrogens is 390 g/mol. The van der Waals surface area contributed by atoms with Crippen molar-refractivity contribution < 1.29 is 17.9 Å². The van der Waals surface area contributed by atoms with E-state index in [9.17, 15) is 13.2 Å². The minimum atomic E-state index is -3.43. The highest BCUT2D eigenvalue weighted by Crippen LogP contribution is 2.18. The first-order valence-electron chi connectivity index (χ1n) is 9.64. The molecule has 0 aromatic heterocycles. The zero-order valence-corrected chi connectivity index (χ0v) is 17.4. The van der Waals surface area contributed by atoms with Gasteiger partial charge in [0.25, 0.3) is 5.91 Å². The van der Waals surface area contributed by atoms with Crippen LogP contribution in [0, 0.1) is 0 Å². The average Bonchev–Trinajstić information content (AvgIpc) is 2.75. The summed E-state index contributed by atoms with van der Waals surface area (Å²) in [6.07, 6.45) is 0. The van der Waals surface area contributed by atoms with Crippen LogP contribution in [0.3, 0.4) is 0 Å². The molecule has 1 aliphatic heterocycles. The number of carbonyl (C=O) groups excluding carboxylic acids is 1. The molecule has 0 aliphatic carbocycles. The summed E-state index contributed by atoms with van der Waals surface area (Å²) in [6, 6.07) is 16.1. The Bertz CT molecular complexity index is 893. The summed E-state index contributed by atoms with van der Waals surface area (Å²) in [5.41, 5.74) is 1.71. The van der Waals surface area contributed by atoms with Gasteiger partial charge < -0.3 is 10.1 Å². The molecule has 29 heavy (non-hydrogen) atoms. The quantitative estimate of drug-likeness (QED) is 0.660. The molecule has 1 aliphatic rings. The van der Waals surface area contributed by atoms with E-state index in [4.69, 9.17) is 4.74 Å².